The van der Waals surface area contributed by atoms with Gasteiger partial charge in [0.15, 0.2) is 0 Å². The number of nitrogens with one attached hydrogen (secondary N) is 5. The number of H-pyrrole nitrogens is 1. The zero-order chi connectivity index (χ0) is 50.9. The number of aromatic amines is 1. The van der Waals surface area contributed by atoms with Crippen LogP contribution in [0.2, 0.25) is 0 Å². The molecular weight excluding hydrogens is 907 g/mol. The van der Waals surface area contributed by atoms with Crippen LogP contribution in [0, 0.1) is 0 Å². The van der Waals surface area contributed by atoms with E-state index in [-0.39, 0.29) is 33.5 Å². The van der Waals surface area contributed by atoms with Gasteiger partial charge in [-0.05, 0) is 95.3 Å². The summed E-state index contributed by atoms with van der Waals surface area (Å²) in [6, 6.07) is 16.1. The van der Waals surface area contributed by atoms with Crippen LogP contribution in [0.3, 0.4) is 0 Å². The Labute approximate surface area is 418 Å². The van der Waals surface area contributed by atoms with Gasteiger partial charge in [-0.1, -0.05) is 6.92 Å². The monoisotopic (exact) mass is 953 g/mol. The molecule has 3 heterocycles. The Balaban J connectivity index is 0.000000290. The van der Waals surface area contributed by atoms with Crippen LogP contribution < -0.4 is 31.5 Å². The third-order valence-corrected chi connectivity index (χ3v) is 13.7. The van der Waals surface area contributed by atoms with E-state index in [9.17, 15) is 21.6 Å². The largest absolute Gasteiger partial charge is 0.368 e. The summed E-state index contributed by atoms with van der Waals surface area (Å²) in [5, 5.41) is 16.3. The second kappa shape index (κ2) is 27.4. The molecule has 331 valence electrons. The van der Waals surface area contributed by atoms with Crippen LogP contribution in [0.1, 0.15) is 21.5 Å². The van der Waals surface area contributed by atoms with Crippen molar-refractivity contribution in [1.82, 2.24) is 49.2 Å². The van der Waals surface area contributed by atoms with E-state index in [2.05, 4.69) is 45.3 Å². The highest BCUT2D eigenvalue weighted by Crippen LogP contribution is 2.22. The van der Waals surface area contributed by atoms with E-state index in [1.165, 1.54) is 42.7 Å². The number of aromatic nitrogens is 6. The summed E-state index contributed by atoms with van der Waals surface area (Å²) in [7, 11) is 46.2. The van der Waals surface area contributed by atoms with E-state index >= 15 is 0 Å². The molecule has 0 fully saturated rings. The van der Waals surface area contributed by atoms with Gasteiger partial charge < -0.3 is 31.9 Å². The van der Waals surface area contributed by atoms with E-state index in [1.807, 2.05) is 51.0 Å². The number of aryl methyl sites for hydroxylation is 1. The van der Waals surface area contributed by atoms with Crippen LogP contribution in [0.25, 0.3) is 0 Å². The molecule has 37 heteroatoms. The minimum absolute atomic E-state index is 0.0387. The molecule has 0 spiro atoms. The Morgan fingerprint density at radius 1 is 0.735 bits per heavy atom. The number of likely N-dealkylation sites (N-methyl/N-ethyl adjacent to an activating group) is 2. The van der Waals surface area contributed by atoms with Crippen molar-refractivity contribution >= 4 is 180 Å². The number of thiophene rings is 1. The van der Waals surface area contributed by atoms with Crippen LogP contribution in [0.4, 0.5) is 35.2 Å². The van der Waals surface area contributed by atoms with E-state index in [0.717, 1.165) is 16.0 Å². The minimum atomic E-state index is -3.59. The van der Waals surface area contributed by atoms with Crippen LogP contribution in [0.15, 0.2) is 70.5 Å². The molecular formula is C31H44B15N14O5S3. The number of carbonyl (C=O) groups is 1. The van der Waals surface area contributed by atoms with Gasteiger partial charge in [0.05, 0.1) is 14.7 Å². The molecule has 5 rings (SSSR count). The van der Waals surface area contributed by atoms with Crippen molar-refractivity contribution in [3.8, 4) is 0 Å². The number of nitrogens with zero attached hydrogens (tertiary/aromatic N) is 7. The van der Waals surface area contributed by atoms with Gasteiger partial charge in [0.25, 0.3) is 5.91 Å². The van der Waals surface area contributed by atoms with E-state index in [0.29, 0.717) is 48.4 Å². The van der Waals surface area contributed by atoms with Gasteiger partial charge in [-0.25, -0.2) is 31.4 Å². The molecule has 0 saturated heterocycles. The number of anilines is 6. The number of nitrogen functional groups attached to an aromatic ring is 2. The fourth-order valence-corrected chi connectivity index (χ4v) is 8.89. The normalized spacial score (nSPS) is 11.1. The van der Waals surface area contributed by atoms with Crippen molar-refractivity contribution in [3.63, 3.8) is 0 Å². The molecule has 5 aromatic rings. The molecule has 0 saturated carbocycles. The highest BCUT2D eigenvalue weighted by molar-refractivity contribution is 8.12. The molecule has 0 unspecified atom stereocenters. The molecule has 0 bridgehead atoms. The zero-order valence-corrected chi connectivity index (χ0v) is 41.0. The predicted octanol–water partition coefficient (Wildman–Crippen LogP) is -3.99. The van der Waals surface area contributed by atoms with Crippen LogP contribution in [0.5, 0.6) is 0 Å². The van der Waals surface area contributed by atoms with Crippen molar-refractivity contribution in [1.29, 1.82) is 0 Å². The molecule has 2 aromatic carbocycles. The molecule has 3 aromatic heterocycles. The van der Waals surface area contributed by atoms with Gasteiger partial charge in [-0.15, -0.1) is 21.5 Å². The Morgan fingerprint density at radius 3 is 1.59 bits per heavy atom. The topological polar surface area (TPSA) is 264 Å². The maximum absolute atomic E-state index is 12.6. The van der Waals surface area contributed by atoms with Gasteiger partial charge >= 0.3 is 0 Å². The number of hydrogen-bond acceptors (Lipinski definition) is 16. The minimum Gasteiger partial charge on any atom is -0.368 e. The summed E-state index contributed by atoms with van der Waals surface area (Å²) < 4.78 is 55.0. The average molecular weight is 951 g/mol. The summed E-state index contributed by atoms with van der Waals surface area (Å²) in [6.07, 6.45) is -2.93. The number of nitrogens with two attached hydrogens (primary N) is 2. The number of benzene rings is 2. The highest BCUT2D eigenvalue weighted by Gasteiger charge is 2.36. The molecule has 17 radical (unpaired) electrons. The van der Waals surface area contributed by atoms with Crippen molar-refractivity contribution < 1.29 is 21.6 Å². The first-order valence-corrected chi connectivity index (χ1v) is 24.6. The molecule has 0 aliphatic heterocycles. The molecule has 9 N–H and O–H groups in total. The molecule has 0 aliphatic carbocycles. The third-order valence-electron chi connectivity index (χ3n) is 9.54. The van der Waals surface area contributed by atoms with Crippen molar-refractivity contribution in [2.75, 3.05) is 76.5 Å². The van der Waals surface area contributed by atoms with Gasteiger partial charge in [0, 0.05) is 150 Å². The van der Waals surface area contributed by atoms with Crippen LogP contribution >= 0.6 is 11.3 Å². The summed E-state index contributed by atoms with van der Waals surface area (Å²) in [5.41, 5.74) is 12.5. The Bertz CT molecular complexity index is 2540. The lowest BCUT2D eigenvalue weighted by Gasteiger charge is -2.35. The van der Waals surface area contributed by atoms with Crippen LogP contribution in [-0.4, -0.2) is 224 Å². The second-order valence-electron chi connectivity index (χ2n) is 15.5. The summed E-state index contributed by atoms with van der Waals surface area (Å²) in [4.78, 5) is 26.4. The zero-order valence-electron chi connectivity index (χ0n) is 38.5. The van der Waals surface area contributed by atoms with E-state index in [4.69, 9.17) is 73.4 Å². The molecule has 0 amide bonds. The maximum atomic E-state index is 12.6. The first-order chi connectivity index (χ1) is 31.9. The fraction of sp³-hybridized carbons (Fsp3) is 0.323. The fourth-order valence-electron chi connectivity index (χ4n) is 5.98. The third kappa shape index (κ3) is 18.4. The quantitative estimate of drug-likeness (QED) is 0.0327. The van der Waals surface area contributed by atoms with Gasteiger partial charge in [-0.3, -0.25) is 4.79 Å². The van der Waals surface area contributed by atoms with Gasteiger partial charge in [0.2, 0.25) is 43.8 Å². The second-order valence-corrected chi connectivity index (χ2v) is 20.2. The predicted molar refractivity (Wildman–Crippen MR) is 292 cm³/mol. The Morgan fingerprint density at radius 2 is 1.21 bits per heavy atom. The van der Waals surface area contributed by atoms with Crippen LogP contribution in [-0.2, 0) is 26.5 Å². The Kier molecular flexibility index (Phi) is 23.5. The number of sulfonamides is 2. The summed E-state index contributed by atoms with van der Waals surface area (Å²) in [5.74, 6) is 0.262. The highest BCUT2D eigenvalue weighted by atomic mass is 32.2. The molecule has 68 heavy (non-hydrogen) atoms. The van der Waals surface area contributed by atoms with E-state index in [1.54, 1.807) is 30.3 Å². The number of hydrogen-bond donors (Lipinski definition) is 7. The average Bonchev–Trinajstić information content (AvgIpc) is 4.02. The Hall–Kier alpha value is -4.00. The lowest BCUT2D eigenvalue weighted by Crippen LogP contribution is -2.73. The van der Waals surface area contributed by atoms with Crippen molar-refractivity contribution in [3.05, 3.63) is 70.4 Å². The SMILES string of the molecule is CCc1ccc(C(=O)n2nc(Nc3ccc(S(=O)(=O)NCCN(C)C)cc3)nc2N)s1.CN(C)CCNS(=O)(=O)c1ccc(Nc2n[nH]c(N)n2)cc1.[B][B]B([B])B(B([B])[B])B(B([B])[B])B([B])[B]. The standard InChI is InChI=1S/C19H25N7O3S2.C12H19N7O2S.B15/c1-4-14-7-10-16(30-14)17(27)26-18(20)23-19(24-26)22-13-5-8-15(9-6-13)31(28,29)21-11-12-25(2)3;1-19(2)8-7-14-22(20,21)10-5-3-9(4-6-10)15-12-16-11(13)17-18-12;1-9-13(8)15(12(6)7)14(10(2)3)11(4)5/h5-10,21H,4,11-12H2,1-3H3,(H3,20,22,23,24);3-6,14H,7-8H2,1-2H3,(H4,13,15,16,17,18);. The van der Waals surface area contributed by atoms with Crippen molar-refractivity contribution in [2.45, 2.75) is 23.1 Å². The smallest absolute Gasteiger partial charge is 0.291 e. The first kappa shape index (κ1) is 58.3. The molecule has 19 nitrogen and oxygen atoms in total. The summed E-state index contributed by atoms with van der Waals surface area (Å²) >= 11 is 1.39. The van der Waals surface area contributed by atoms with E-state index < -0.39 is 58.4 Å². The number of rotatable bonds is 22. The van der Waals surface area contributed by atoms with Gasteiger partial charge in [-0.2, -0.15) is 14.6 Å². The first-order valence-electron chi connectivity index (χ1n) is 20.8. The lowest BCUT2D eigenvalue weighted by molar-refractivity contribution is 0.0952. The van der Waals surface area contributed by atoms with Gasteiger partial charge in [0.1, 0.15) is 0 Å². The number of carbonyl (C=O) groups excluding carboxylic acids is 1. The lowest BCUT2D eigenvalue weighted by atomic mass is 8.46. The van der Waals surface area contributed by atoms with Crippen molar-refractivity contribution in [2.24, 2.45) is 0 Å². The maximum Gasteiger partial charge on any atom is 0.291 e. The summed E-state index contributed by atoms with van der Waals surface area (Å²) in [6.45, 7) is 3.91. The molecule has 0 atom stereocenters. The molecule has 0 aliphatic rings.